The second kappa shape index (κ2) is 9.68. The van der Waals surface area contributed by atoms with Crippen LogP contribution in [-0.2, 0) is 6.18 Å². The van der Waals surface area contributed by atoms with E-state index in [0.717, 1.165) is 12.1 Å². The molecule has 0 aromatic heterocycles. The molecule has 2 aliphatic heterocycles. The molecule has 0 unspecified atom stereocenters. The summed E-state index contributed by atoms with van der Waals surface area (Å²) in [6.07, 6.45) is -4.51. The van der Waals surface area contributed by atoms with Crippen LogP contribution in [0.3, 0.4) is 0 Å². The molecule has 5 rings (SSSR count). The Morgan fingerprint density at radius 2 is 1.59 bits per heavy atom. The largest absolute Gasteiger partial charge is 0.497 e. The van der Waals surface area contributed by atoms with Gasteiger partial charge in [0, 0.05) is 31.7 Å². The van der Waals surface area contributed by atoms with Crippen molar-refractivity contribution in [1.82, 2.24) is 9.80 Å². The van der Waals surface area contributed by atoms with Crippen molar-refractivity contribution in [2.24, 2.45) is 4.99 Å². The topological polar surface area (TPSA) is 63.6 Å². The zero-order valence-corrected chi connectivity index (χ0v) is 20.2. The zero-order chi connectivity index (χ0) is 26.2. The predicted molar refractivity (Wildman–Crippen MR) is 131 cm³/mol. The second-order valence-electron chi connectivity index (χ2n) is 8.59. The molecule has 10 heteroatoms. The first-order chi connectivity index (χ1) is 17.8. The highest BCUT2D eigenvalue weighted by Gasteiger charge is 2.33. The van der Waals surface area contributed by atoms with Crippen LogP contribution in [0.25, 0.3) is 0 Å². The number of carbonyl (C=O) groups is 1. The number of nitrogens with zero attached hydrogens (tertiary/aromatic N) is 3. The Bertz CT molecular complexity index is 1370. The van der Waals surface area contributed by atoms with Crippen LogP contribution in [-0.4, -0.2) is 61.9 Å². The molecule has 1 amide bonds. The molecule has 1 saturated heterocycles. The van der Waals surface area contributed by atoms with Crippen LogP contribution in [0.1, 0.15) is 21.5 Å². The summed E-state index contributed by atoms with van der Waals surface area (Å²) in [5, 5.41) is 0. The fourth-order valence-electron chi connectivity index (χ4n) is 4.36. The highest BCUT2D eigenvalue weighted by molar-refractivity contribution is 6.04. The summed E-state index contributed by atoms with van der Waals surface area (Å²) in [7, 11) is 3.08. The number of aliphatic imine (C=N–C) groups is 1. The van der Waals surface area contributed by atoms with E-state index in [-0.39, 0.29) is 17.3 Å². The normalized spacial score (nSPS) is 15.1. The number of alkyl halides is 3. The van der Waals surface area contributed by atoms with E-state index in [9.17, 15) is 18.0 Å². The number of amidine groups is 1. The lowest BCUT2D eigenvalue weighted by Crippen LogP contribution is -2.50. The van der Waals surface area contributed by atoms with E-state index in [0.29, 0.717) is 60.4 Å². The number of ether oxygens (including phenoxy) is 3. The van der Waals surface area contributed by atoms with Crippen molar-refractivity contribution >= 4 is 17.4 Å². The lowest BCUT2D eigenvalue weighted by Gasteiger charge is -2.36. The van der Waals surface area contributed by atoms with E-state index in [1.54, 1.807) is 54.5 Å². The van der Waals surface area contributed by atoms with Crippen LogP contribution in [0, 0.1) is 0 Å². The van der Waals surface area contributed by atoms with Gasteiger partial charge in [-0.25, -0.2) is 4.99 Å². The summed E-state index contributed by atoms with van der Waals surface area (Å²) in [6, 6.07) is 15.4. The molecule has 7 nitrogen and oxygen atoms in total. The van der Waals surface area contributed by atoms with Crippen LogP contribution in [0.5, 0.6) is 23.0 Å². The molecule has 0 spiro atoms. The smallest absolute Gasteiger partial charge is 0.416 e. The van der Waals surface area contributed by atoms with Gasteiger partial charge in [0.1, 0.15) is 28.8 Å². The van der Waals surface area contributed by atoms with Crippen LogP contribution >= 0.6 is 0 Å². The molecular formula is C27H24F3N3O4. The van der Waals surface area contributed by atoms with Crippen molar-refractivity contribution in [3.63, 3.8) is 0 Å². The molecule has 192 valence electrons. The Balaban J connectivity index is 1.46. The van der Waals surface area contributed by atoms with Gasteiger partial charge in [-0.05, 0) is 54.6 Å². The molecule has 1 fully saturated rings. The molecule has 0 atom stereocenters. The van der Waals surface area contributed by atoms with Gasteiger partial charge in [0.05, 0.1) is 25.3 Å². The van der Waals surface area contributed by atoms with Crippen molar-refractivity contribution in [3.8, 4) is 23.0 Å². The van der Waals surface area contributed by atoms with E-state index in [1.807, 2.05) is 4.90 Å². The minimum Gasteiger partial charge on any atom is -0.497 e. The average molecular weight is 512 g/mol. The Labute approximate surface area is 211 Å². The first-order valence-corrected chi connectivity index (χ1v) is 11.6. The number of hydrogen-bond acceptors (Lipinski definition) is 6. The average Bonchev–Trinajstić information content (AvgIpc) is 3.08. The zero-order valence-electron chi connectivity index (χ0n) is 20.2. The Kier molecular flexibility index (Phi) is 6.41. The summed E-state index contributed by atoms with van der Waals surface area (Å²) in [5.74, 6) is 2.17. The summed E-state index contributed by atoms with van der Waals surface area (Å²) < 4.78 is 56.8. The standard InChI is InChI=1S/C27H24F3N3O4/c1-35-19-5-3-4-17(14-19)26(34)33-12-10-32(11-13-33)25-21-16-20(36-2)7-9-23(21)37-24-8-6-18(27(28,29)30)15-22(24)31-25/h3-9,14-16H,10-13H2,1-2H3. The fraction of sp³-hybridized carbons (Fsp3) is 0.259. The van der Waals surface area contributed by atoms with Crippen molar-refractivity contribution in [3.05, 3.63) is 77.4 Å². The third kappa shape index (κ3) is 4.91. The molecule has 3 aromatic carbocycles. The first-order valence-electron chi connectivity index (χ1n) is 11.6. The molecule has 0 aliphatic carbocycles. The van der Waals surface area contributed by atoms with Gasteiger partial charge in [0.2, 0.25) is 0 Å². The highest BCUT2D eigenvalue weighted by atomic mass is 19.4. The monoisotopic (exact) mass is 511 g/mol. The fourth-order valence-corrected chi connectivity index (χ4v) is 4.36. The molecule has 3 aromatic rings. The number of amides is 1. The summed E-state index contributed by atoms with van der Waals surface area (Å²) >= 11 is 0. The van der Waals surface area contributed by atoms with Crippen LogP contribution in [0.2, 0.25) is 0 Å². The molecule has 0 N–H and O–H groups in total. The van der Waals surface area contributed by atoms with Crippen LogP contribution in [0.15, 0.2) is 65.7 Å². The minimum absolute atomic E-state index is 0.0786. The SMILES string of the molecule is COc1cccc(C(=O)N2CCN(C3=Nc4cc(C(F)(F)F)ccc4Oc4ccc(OC)cc43)CC2)c1. The van der Waals surface area contributed by atoms with Gasteiger partial charge in [-0.3, -0.25) is 4.79 Å². The third-order valence-electron chi connectivity index (χ3n) is 6.34. The summed E-state index contributed by atoms with van der Waals surface area (Å²) in [5.41, 5.74) is 0.387. The number of fused-ring (bicyclic) bond motifs is 2. The molecule has 0 bridgehead atoms. The predicted octanol–water partition coefficient (Wildman–Crippen LogP) is 5.36. The molecular weight excluding hydrogens is 487 g/mol. The molecule has 0 saturated carbocycles. The lowest BCUT2D eigenvalue weighted by atomic mass is 10.1. The highest BCUT2D eigenvalue weighted by Crippen LogP contribution is 2.42. The maximum atomic E-state index is 13.4. The summed E-state index contributed by atoms with van der Waals surface area (Å²) in [4.78, 5) is 21.4. The third-order valence-corrected chi connectivity index (χ3v) is 6.34. The van der Waals surface area contributed by atoms with Gasteiger partial charge in [-0.1, -0.05) is 6.07 Å². The van der Waals surface area contributed by atoms with E-state index < -0.39 is 11.7 Å². The number of carbonyl (C=O) groups excluding carboxylic acids is 1. The van der Waals surface area contributed by atoms with E-state index in [2.05, 4.69) is 4.99 Å². The first kappa shape index (κ1) is 24.5. The number of hydrogen-bond donors (Lipinski definition) is 0. The minimum atomic E-state index is -4.51. The summed E-state index contributed by atoms with van der Waals surface area (Å²) in [6.45, 7) is 1.67. The van der Waals surface area contributed by atoms with Gasteiger partial charge in [-0.15, -0.1) is 0 Å². The van der Waals surface area contributed by atoms with Crippen molar-refractivity contribution in [1.29, 1.82) is 0 Å². The number of rotatable bonds is 3. The number of halogens is 3. The Morgan fingerprint density at radius 3 is 2.30 bits per heavy atom. The number of methoxy groups -OCH3 is 2. The van der Waals surface area contributed by atoms with Crippen LogP contribution in [0.4, 0.5) is 18.9 Å². The van der Waals surface area contributed by atoms with Gasteiger partial charge < -0.3 is 24.0 Å². The maximum absolute atomic E-state index is 13.4. The Hall–Kier alpha value is -4.21. The van der Waals surface area contributed by atoms with Gasteiger partial charge in [0.25, 0.3) is 5.91 Å². The van der Waals surface area contributed by atoms with Crippen molar-refractivity contribution in [2.45, 2.75) is 6.18 Å². The quantitative estimate of drug-likeness (QED) is 0.474. The van der Waals surface area contributed by atoms with Crippen molar-refractivity contribution in [2.75, 3.05) is 40.4 Å². The lowest BCUT2D eigenvalue weighted by molar-refractivity contribution is -0.137. The van der Waals surface area contributed by atoms with Crippen molar-refractivity contribution < 1.29 is 32.2 Å². The number of piperazine rings is 1. The van der Waals surface area contributed by atoms with Gasteiger partial charge >= 0.3 is 6.18 Å². The number of benzene rings is 3. The van der Waals surface area contributed by atoms with E-state index >= 15 is 0 Å². The van der Waals surface area contributed by atoms with Gasteiger partial charge in [-0.2, -0.15) is 13.2 Å². The molecule has 2 aliphatic rings. The van der Waals surface area contributed by atoms with Gasteiger partial charge in [0.15, 0.2) is 5.75 Å². The maximum Gasteiger partial charge on any atom is 0.416 e. The molecule has 37 heavy (non-hydrogen) atoms. The van der Waals surface area contributed by atoms with Crippen LogP contribution < -0.4 is 14.2 Å². The van der Waals surface area contributed by atoms with E-state index in [1.165, 1.54) is 13.2 Å². The Morgan fingerprint density at radius 1 is 0.892 bits per heavy atom. The second-order valence-corrected chi connectivity index (χ2v) is 8.59. The van der Waals surface area contributed by atoms with E-state index in [4.69, 9.17) is 14.2 Å². The molecule has 2 heterocycles. The molecule has 0 radical (unpaired) electrons.